The number of benzene rings is 3. The summed E-state index contributed by atoms with van der Waals surface area (Å²) in [6.07, 6.45) is 2.07. The monoisotopic (exact) mass is 373 g/mol. The Balaban J connectivity index is 1.53. The highest BCUT2D eigenvalue weighted by molar-refractivity contribution is 5.76. The highest BCUT2D eigenvalue weighted by Crippen LogP contribution is 2.27. The fraction of sp³-hybridized carbons (Fsp3) is 0.240. The SMILES string of the molecule is COc1cccc(CCC(=O)NCCC(c2ccccc2)c2ccccc2)c1. The fourth-order valence-corrected chi connectivity index (χ4v) is 3.43. The van der Waals surface area contributed by atoms with E-state index in [9.17, 15) is 4.79 Å². The maximum Gasteiger partial charge on any atom is 0.220 e. The predicted octanol–water partition coefficient (Wildman–Crippen LogP) is 4.97. The average Bonchev–Trinajstić information content (AvgIpc) is 2.76. The van der Waals surface area contributed by atoms with Crippen LogP contribution in [0.15, 0.2) is 84.9 Å². The highest BCUT2D eigenvalue weighted by Gasteiger charge is 2.14. The lowest BCUT2D eigenvalue weighted by Crippen LogP contribution is -2.26. The van der Waals surface area contributed by atoms with E-state index in [0.717, 1.165) is 17.7 Å². The first-order valence-electron chi connectivity index (χ1n) is 9.76. The fourth-order valence-electron chi connectivity index (χ4n) is 3.43. The van der Waals surface area contributed by atoms with E-state index in [4.69, 9.17) is 4.74 Å². The summed E-state index contributed by atoms with van der Waals surface area (Å²) >= 11 is 0. The lowest BCUT2D eigenvalue weighted by molar-refractivity contribution is -0.121. The Hall–Kier alpha value is -3.07. The molecule has 3 aromatic carbocycles. The topological polar surface area (TPSA) is 38.3 Å². The molecule has 0 saturated carbocycles. The predicted molar refractivity (Wildman–Crippen MR) is 114 cm³/mol. The third kappa shape index (κ3) is 5.71. The molecule has 3 aromatic rings. The first kappa shape index (κ1) is 19.7. The molecule has 0 fully saturated rings. The summed E-state index contributed by atoms with van der Waals surface area (Å²) in [6.45, 7) is 0.658. The zero-order chi connectivity index (χ0) is 19.6. The van der Waals surface area contributed by atoms with Gasteiger partial charge in [-0.2, -0.15) is 0 Å². The van der Waals surface area contributed by atoms with Gasteiger partial charge in [0.1, 0.15) is 5.75 Å². The molecular formula is C25H27NO2. The van der Waals surface area contributed by atoms with Gasteiger partial charge in [-0.1, -0.05) is 72.8 Å². The third-order valence-corrected chi connectivity index (χ3v) is 4.93. The lowest BCUT2D eigenvalue weighted by Gasteiger charge is -2.18. The molecule has 0 bridgehead atoms. The minimum absolute atomic E-state index is 0.0858. The van der Waals surface area contributed by atoms with Crippen molar-refractivity contribution in [3.8, 4) is 5.75 Å². The minimum Gasteiger partial charge on any atom is -0.497 e. The molecule has 0 radical (unpaired) electrons. The molecule has 1 amide bonds. The van der Waals surface area contributed by atoms with Gasteiger partial charge in [0.25, 0.3) is 0 Å². The summed E-state index contributed by atoms with van der Waals surface area (Å²) in [5, 5.41) is 3.08. The van der Waals surface area contributed by atoms with Crippen LogP contribution in [0, 0.1) is 0 Å². The van der Waals surface area contributed by atoms with E-state index in [1.54, 1.807) is 7.11 Å². The van der Waals surface area contributed by atoms with Crippen LogP contribution in [-0.4, -0.2) is 19.6 Å². The largest absolute Gasteiger partial charge is 0.497 e. The summed E-state index contributed by atoms with van der Waals surface area (Å²) in [5.74, 6) is 1.19. The second kappa shape index (κ2) is 10.3. The molecule has 144 valence electrons. The van der Waals surface area contributed by atoms with Crippen molar-refractivity contribution in [2.45, 2.75) is 25.2 Å². The molecule has 0 aliphatic carbocycles. The molecule has 0 aliphatic heterocycles. The van der Waals surface area contributed by atoms with Crippen molar-refractivity contribution in [2.24, 2.45) is 0 Å². The van der Waals surface area contributed by atoms with Crippen LogP contribution < -0.4 is 10.1 Å². The Labute approximate surface area is 167 Å². The van der Waals surface area contributed by atoms with Crippen molar-refractivity contribution in [3.05, 3.63) is 102 Å². The molecule has 3 rings (SSSR count). The zero-order valence-electron chi connectivity index (χ0n) is 16.3. The van der Waals surface area contributed by atoms with Crippen LogP contribution in [0.3, 0.4) is 0 Å². The van der Waals surface area contributed by atoms with Crippen LogP contribution in [0.1, 0.15) is 35.4 Å². The Morgan fingerprint density at radius 2 is 1.54 bits per heavy atom. The van der Waals surface area contributed by atoms with Crippen molar-refractivity contribution < 1.29 is 9.53 Å². The number of methoxy groups -OCH3 is 1. The summed E-state index contributed by atoms with van der Waals surface area (Å²) < 4.78 is 5.24. The van der Waals surface area contributed by atoms with Gasteiger partial charge < -0.3 is 10.1 Å². The van der Waals surface area contributed by atoms with E-state index < -0.39 is 0 Å². The number of aryl methyl sites for hydroxylation is 1. The van der Waals surface area contributed by atoms with Crippen LogP contribution in [-0.2, 0) is 11.2 Å². The van der Waals surface area contributed by atoms with Gasteiger partial charge in [0.2, 0.25) is 5.91 Å². The maximum atomic E-state index is 12.3. The average molecular weight is 373 g/mol. The molecular weight excluding hydrogens is 346 g/mol. The van der Waals surface area contributed by atoms with Crippen molar-refractivity contribution in [3.63, 3.8) is 0 Å². The molecule has 0 saturated heterocycles. The zero-order valence-corrected chi connectivity index (χ0v) is 16.3. The molecule has 0 spiro atoms. The lowest BCUT2D eigenvalue weighted by atomic mass is 9.88. The van der Waals surface area contributed by atoms with Gasteiger partial charge in [0.15, 0.2) is 0 Å². The molecule has 0 unspecified atom stereocenters. The molecule has 0 heterocycles. The van der Waals surface area contributed by atoms with Gasteiger partial charge in [-0.3, -0.25) is 4.79 Å². The number of hydrogen-bond donors (Lipinski definition) is 1. The second-order valence-corrected chi connectivity index (χ2v) is 6.86. The molecule has 0 atom stereocenters. The number of carbonyl (C=O) groups is 1. The number of ether oxygens (including phenoxy) is 1. The Morgan fingerprint density at radius 3 is 2.14 bits per heavy atom. The molecule has 3 nitrogen and oxygen atoms in total. The Kier molecular flexibility index (Phi) is 7.25. The summed E-state index contributed by atoms with van der Waals surface area (Å²) in [5.41, 5.74) is 3.67. The number of hydrogen-bond acceptors (Lipinski definition) is 2. The Morgan fingerprint density at radius 1 is 0.893 bits per heavy atom. The van der Waals surface area contributed by atoms with Gasteiger partial charge in [-0.05, 0) is 41.7 Å². The van der Waals surface area contributed by atoms with Crippen molar-refractivity contribution in [1.82, 2.24) is 5.32 Å². The number of nitrogens with one attached hydrogen (secondary N) is 1. The van der Waals surface area contributed by atoms with Crippen molar-refractivity contribution >= 4 is 5.91 Å². The van der Waals surface area contributed by atoms with E-state index in [0.29, 0.717) is 19.4 Å². The first-order valence-corrected chi connectivity index (χ1v) is 9.76. The van der Waals surface area contributed by atoms with Crippen LogP contribution in [0.4, 0.5) is 0 Å². The molecule has 3 heteroatoms. The van der Waals surface area contributed by atoms with Gasteiger partial charge in [0.05, 0.1) is 7.11 Å². The van der Waals surface area contributed by atoms with Gasteiger partial charge in [-0.15, -0.1) is 0 Å². The van der Waals surface area contributed by atoms with E-state index in [2.05, 4.69) is 53.8 Å². The van der Waals surface area contributed by atoms with E-state index in [1.165, 1.54) is 11.1 Å². The van der Waals surface area contributed by atoms with Crippen LogP contribution in [0.2, 0.25) is 0 Å². The van der Waals surface area contributed by atoms with Gasteiger partial charge >= 0.3 is 0 Å². The van der Waals surface area contributed by atoms with Crippen LogP contribution in [0.25, 0.3) is 0 Å². The minimum atomic E-state index is 0.0858. The van der Waals surface area contributed by atoms with Crippen molar-refractivity contribution in [1.29, 1.82) is 0 Å². The Bertz CT molecular complexity index is 822. The molecule has 0 aromatic heterocycles. The molecule has 0 aliphatic rings. The van der Waals surface area contributed by atoms with E-state index in [1.807, 2.05) is 36.4 Å². The quantitative estimate of drug-likeness (QED) is 0.575. The standard InChI is InChI=1S/C25H27NO2/c1-28-23-14-8-9-20(19-23)15-16-25(27)26-18-17-24(21-10-4-2-5-11-21)22-12-6-3-7-13-22/h2-14,19,24H,15-18H2,1H3,(H,26,27). The number of amides is 1. The highest BCUT2D eigenvalue weighted by atomic mass is 16.5. The van der Waals surface area contributed by atoms with Gasteiger partial charge in [0, 0.05) is 18.9 Å². The van der Waals surface area contributed by atoms with Crippen LogP contribution >= 0.6 is 0 Å². The molecule has 1 N–H and O–H groups in total. The summed E-state index contributed by atoms with van der Waals surface area (Å²) in [4.78, 5) is 12.3. The van der Waals surface area contributed by atoms with Crippen LogP contribution in [0.5, 0.6) is 5.75 Å². The summed E-state index contributed by atoms with van der Waals surface area (Å²) in [7, 11) is 1.65. The third-order valence-electron chi connectivity index (χ3n) is 4.93. The smallest absolute Gasteiger partial charge is 0.220 e. The van der Waals surface area contributed by atoms with E-state index in [-0.39, 0.29) is 11.8 Å². The number of rotatable bonds is 9. The maximum absolute atomic E-state index is 12.3. The van der Waals surface area contributed by atoms with Gasteiger partial charge in [-0.25, -0.2) is 0 Å². The summed E-state index contributed by atoms with van der Waals surface area (Å²) in [6, 6.07) is 28.8. The normalized spacial score (nSPS) is 10.6. The number of carbonyl (C=O) groups excluding carboxylic acids is 1. The van der Waals surface area contributed by atoms with Crippen molar-refractivity contribution in [2.75, 3.05) is 13.7 Å². The van der Waals surface area contributed by atoms with E-state index >= 15 is 0 Å². The second-order valence-electron chi connectivity index (χ2n) is 6.86. The molecule has 28 heavy (non-hydrogen) atoms. The first-order chi connectivity index (χ1) is 13.8.